The molecule has 3 rings (SSSR count). The molecule has 9 nitrogen and oxygen atoms in total. The number of amides is 2. The minimum absolute atomic E-state index is 0.0290. The van der Waals surface area contributed by atoms with Crippen molar-refractivity contribution < 1.29 is 27.1 Å². The van der Waals surface area contributed by atoms with Crippen molar-refractivity contribution in [3.05, 3.63) is 81.1 Å². The first kappa shape index (κ1) is 30.8. The predicted octanol–water partition coefficient (Wildman–Crippen LogP) is 5.72. The van der Waals surface area contributed by atoms with Crippen LogP contribution in [0, 0.1) is 30.0 Å². The number of aryl methyl sites for hydroxylation is 1. The Morgan fingerprint density at radius 3 is 2.48 bits per heavy atom. The molecule has 0 unspecified atom stereocenters. The van der Waals surface area contributed by atoms with Gasteiger partial charge in [-0.15, -0.1) is 0 Å². The number of carbonyl (C=O) groups excluding carboxylic acids is 2. The number of benzene rings is 3. The summed E-state index contributed by atoms with van der Waals surface area (Å²) in [4.78, 5) is 24.7. The molecule has 0 atom stereocenters. The first-order valence-corrected chi connectivity index (χ1v) is 14.0. The molecular weight excluding hydrogens is 582 g/mol. The smallest absolute Gasteiger partial charge is 0.280 e. The molecule has 40 heavy (non-hydrogen) atoms. The second kappa shape index (κ2) is 12.7. The van der Waals surface area contributed by atoms with Crippen LogP contribution in [-0.4, -0.2) is 24.6 Å². The van der Waals surface area contributed by atoms with Crippen LogP contribution in [0.4, 0.5) is 10.1 Å². The second-order valence-corrected chi connectivity index (χ2v) is 11.9. The average molecular weight is 607 g/mol. The molecule has 0 heterocycles. The van der Waals surface area contributed by atoms with Gasteiger partial charge in [-0.2, -0.15) is 18.1 Å². The molecule has 210 valence electrons. The number of rotatable bonds is 9. The first-order valence-electron chi connectivity index (χ1n) is 11.8. The fourth-order valence-corrected chi connectivity index (χ4v) is 5.14. The van der Waals surface area contributed by atoms with Gasteiger partial charge in [-0.3, -0.25) is 9.59 Å². The van der Waals surface area contributed by atoms with Crippen LogP contribution in [0.3, 0.4) is 0 Å². The van der Waals surface area contributed by atoms with Crippen molar-refractivity contribution in [3.63, 3.8) is 0 Å². The molecule has 3 aromatic rings. The van der Waals surface area contributed by atoms with E-state index in [0.29, 0.717) is 5.56 Å². The largest absolute Gasteiger partial charge is 0.453 e. The van der Waals surface area contributed by atoms with Crippen molar-refractivity contribution in [1.82, 2.24) is 4.41 Å². The number of nitrogens with one attached hydrogen (secondary N) is 1. The van der Waals surface area contributed by atoms with Gasteiger partial charge in [-0.1, -0.05) is 43.1 Å². The molecule has 0 aromatic heterocycles. The number of halogens is 3. The van der Waals surface area contributed by atoms with Gasteiger partial charge >= 0.3 is 0 Å². The van der Waals surface area contributed by atoms with Crippen molar-refractivity contribution in [1.29, 1.82) is 5.26 Å². The van der Waals surface area contributed by atoms with Gasteiger partial charge in [0.25, 0.3) is 15.9 Å². The maximum Gasteiger partial charge on any atom is 0.280 e. The number of carbonyl (C=O) groups is 2. The number of hydrogen-bond donors (Lipinski definition) is 2. The number of hydrogen-bond acceptors (Lipinski definition) is 7. The lowest BCUT2D eigenvalue weighted by atomic mass is 10.1. The number of nitrogens with two attached hydrogens (primary N) is 1. The Balaban J connectivity index is 1.78. The van der Waals surface area contributed by atoms with Gasteiger partial charge in [-0.05, 0) is 60.9 Å². The van der Waals surface area contributed by atoms with Crippen LogP contribution in [-0.2, 0) is 26.0 Å². The minimum atomic E-state index is -4.30. The Hall–Kier alpha value is -3.69. The molecular formula is C27H25Cl2FN4O5S. The highest BCUT2D eigenvalue weighted by atomic mass is 35.5. The molecule has 13 heteroatoms. The molecule has 0 spiro atoms. The number of nitrogens with zero attached hydrogens (tertiary/aromatic N) is 2. The molecule has 0 saturated carbocycles. The summed E-state index contributed by atoms with van der Waals surface area (Å²) in [6, 6.07) is 12.6. The Morgan fingerprint density at radius 1 is 1.15 bits per heavy atom. The number of anilines is 1. The lowest BCUT2D eigenvalue weighted by molar-refractivity contribution is -0.127. The van der Waals surface area contributed by atoms with E-state index in [9.17, 15) is 18.0 Å². The molecule has 0 saturated heterocycles. The lowest BCUT2D eigenvalue weighted by Gasteiger charge is -2.19. The van der Waals surface area contributed by atoms with E-state index in [1.807, 2.05) is 6.07 Å². The van der Waals surface area contributed by atoms with E-state index >= 15 is 4.39 Å². The summed E-state index contributed by atoms with van der Waals surface area (Å²) in [5.41, 5.74) is 0.813. The van der Waals surface area contributed by atoms with Gasteiger partial charge in [0.15, 0.2) is 11.6 Å². The maximum absolute atomic E-state index is 15.3. The summed E-state index contributed by atoms with van der Waals surface area (Å²) in [5, 5.41) is 11.9. The third kappa shape index (κ3) is 7.28. The summed E-state index contributed by atoms with van der Waals surface area (Å²) in [6.07, 6.45) is -0.449. The molecule has 0 bridgehead atoms. The first-order chi connectivity index (χ1) is 18.7. The molecule has 2 amide bonds. The fourth-order valence-electron chi connectivity index (χ4n) is 3.60. The van der Waals surface area contributed by atoms with E-state index in [2.05, 4.69) is 5.32 Å². The van der Waals surface area contributed by atoms with Crippen LogP contribution in [0.5, 0.6) is 11.5 Å². The molecule has 3 N–H and O–H groups in total. The molecule has 0 aliphatic rings. The SMILES string of the molecule is Cc1cc(S(=O)(=O)N(N)C(=O)CC(C)C)ccc1NC(=O)Cc1ccc(Cl)c(Oc2cc(Cl)cc(C#N)c2)c1F. The number of sulfonamides is 1. The summed E-state index contributed by atoms with van der Waals surface area (Å²) < 4.78 is 46.6. The molecule has 0 aliphatic carbocycles. The summed E-state index contributed by atoms with van der Waals surface area (Å²) >= 11 is 12.1. The van der Waals surface area contributed by atoms with E-state index in [0.717, 1.165) is 0 Å². The highest BCUT2D eigenvalue weighted by Gasteiger charge is 2.27. The Kier molecular flexibility index (Phi) is 9.76. The van der Waals surface area contributed by atoms with E-state index in [1.165, 1.54) is 48.5 Å². The van der Waals surface area contributed by atoms with E-state index in [-0.39, 0.29) is 60.0 Å². The van der Waals surface area contributed by atoms with Crippen LogP contribution >= 0.6 is 23.2 Å². The van der Waals surface area contributed by atoms with Crippen LogP contribution in [0.1, 0.15) is 37.0 Å². The van der Waals surface area contributed by atoms with E-state index < -0.39 is 34.1 Å². The van der Waals surface area contributed by atoms with Crippen LogP contribution in [0.25, 0.3) is 0 Å². The van der Waals surface area contributed by atoms with Crippen molar-refractivity contribution in [2.24, 2.45) is 11.8 Å². The maximum atomic E-state index is 15.3. The van der Waals surface area contributed by atoms with Crippen molar-refractivity contribution in [3.8, 4) is 17.6 Å². The summed E-state index contributed by atoms with van der Waals surface area (Å²) in [7, 11) is -4.30. The Morgan fingerprint density at radius 2 is 1.85 bits per heavy atom. The van der Waals surface area contributed by atoms with E-state index in [4.69, 9.17) is 39.0 Å². The van der Waals surface area contributed by atoms with Crippen LogP contribution < -0.4 is 15.9 Å². The summed E-state index contributed by atoms with van der Waals surface area (Å²) in [5.74, 6) is 3.00. The van der Waals surface area contributed by atoms with Gasteiger partial charge in [0, 0.05) is 22.7 Å². The summed E-state index contributed by atoms with van der Waals surface area (Å²) in [6.45, 7) is 5.07. The molecule has 3 aromatic carbocycles. The third-order valence-corrected chi connectivity index (χ3v) is 7.64. The normalized spacial score (nSPS) is 11.2. The topological polar surface area (TPSA) is 143 Å². The standard InChI is InChI=1S/C27H25Cl2FN4O5S/c1-15(2)8-25(36)34(32)40(37,38)21-5-7-23(16(3)9-21)33-24(35)12-18-4-6-22(29)27(26(18)30)39-20-11-17(14-31)10-19(28)13-20/h4-7,9-11,13,15H,8,12,32H2,1-3H3,(H,33,35). The van der Waals surface area contributed by atoms with Gasteiger partial charge in [-0.25, -0.2) is 10.2 Å². The molecule has 0 fully saturated rings. The van der Waals surface area contributed by atoms with Gasteiger partial charge < -0.3 is 10.1 Å². The van der Waals surface area contributed by atoms with Gasteiger partial charge in [0.05, 0.1) is 28.0 Å². The highest BCUT2D eigenvalue weighted by Crippen LogP contribution is 2.35. The predicted molar refractivity (Wildman–Crippen MR) is 149 cm³/mol. The average Bonchev–Trinajstić information content (AvgIpc) is 2.88. The van der Waals surface area contributed by atoms with Crippen molar-refractivity contribution in [2.75, 3.05) is 5.32 Å². The molecule has 0 aliphatic heterocycles. The van der Waals surface area contributed by atoms with Crippen molar-refractivity contribution in [2.45, 2.75) is 38.5 Å². The number of hydrazine groups is 1. The zero-order chi connectivity index (χ0) is 29.8. The van der Waals surface area contributed by atoms with Crippen molar-refractivity contribution >= 4 is 50.7 Å². The number of ether oxygens (including phenoxy) is 1. The zero-order valence-electron chi connectivity index (χ0n) is 21.7. The van der Waals surface area contributed by atoms with Crippen LogP contribution in [0.2, 0.25) is 10.0 Å². The number of nitriles is 1. The Labute approximate surface area is 241 Å². The monoisotopic (exact) mass is 606 g/mol. The zero-order valence-corrected chi connectivity index (χ0v) is 24.0. The van der Waals surface area contributed by atoms with Gasteiger partial charge in [0.1, 0.15) is 5.75 Å². The van der Waals surface area contributed by atoms with E-state index in [1.54, 1.807) is 20.8 Å². The lowest BCUT2D eigenvalue weighted by Crippen LogP contribution is -2.42. The second-order valence-electron chi connectivity index (χ2n) is 9.23. The fraction of sp³-hybridized carbons (Fsp3) is 0.222. The minimum Gasteiger partial charge on any atom is -0.453 e. The van der Waals surface area contributed by atoms with Gasteiger partial charge in [0.2, 0.25) is 5.91 Å². The quantitative estimate of drug-likeness (QED) is 0.180. The molecule has 0 radical (unpaired) electrons. The Bertz CT molecular complexity index is 1620. The van der Waals surface area contributed by atoms with Crippen LogP contribution in [0.15, 0.2) is 53.4 Å². The third-order valence-electron chi connectivity index (χ3n) is 5.56. The highest BCUT2D eigenvalue weighted by molar-refractivity contribution is 7.89.